The van der Waals surface area contributed by atoms with Crippen LogP contribution >= 0.6 is 11.3 Å². The molecule has 1 aromatic heterocycles. The molecule has 2 heterocycles. The van der Waals surface area contributed by atoms with Crippen molar-refractivity contribution in [3.8, 4) is 0 Å². The number of aryl methyl sites for hydroxylation is 1. The van der Waals surface area contributed by atoms with Crippen LogP contribution in [-0.4, -0.2) is 48.5 Å². The SMILES string of the molecule is C/C1=C/C[C@@H](/C(C)=C/c2csc(C)n2)OC(=O)C[C@H](O[Si](C)(C)C(C)(C)C)C(C)(C)C(=O)[C@H](C)[C@@H](O)[C@@H](C)/C=C\C1. The molecule has 8 heteroatoms. The van der Waals surface area contributed by atoms with Gasteiger partial charge in [0.25, 0.3) is 0 Å². The van der Waals surface area contributed by atoms with Gasteiger partial charge in [0, 0.05) is 29.1 Å². The van der Waals surface area contributed by atoms with Crippen LogP contribution in [0.25, 0.3) is 6.08 Å². The maximum Gasteiger partial charge on any atom is 0.309 e. The molecule has 0 saturated heterocycles. The van der Waals surface area contributed by atoms with Gasteiger partial charge in [-0.1, -0.05) is 72.3 Å². The zero-order valence-electron chi connectivity index (χ0n) is 27.3. The van der Waals surface area contributed by atoms with Crippen molar-refractivity contribution in [2.45, 2.75) is 125 Å². The van der Waals surface area contributed by atoms with E-state index in [-0.39, 0.29) is 23.2 Å². The number of thiazole rings is 1. The number of aliphatic hydroxyl groups excluding tert-OH is 1. The first kappa shape index (κ1) is 35.3. The first-order valence-electron chi connectivity index (χ1n) is 14.8. The van der Waals surface area contributed by atoms with E-state index in [1.807, 2.05) is 65.2 Å². The van der Waals surface area contributed by atoms with Crippen LogP contribution < -0.4 is 0 Å². The molecule has 0 aliphatic carbocycles. The van der Waals surface area contributed by atoms with Crippen molar-refractivity contribution in [1.29, 1.82) is 0 Å². The van der Waals surface area contributed by atoms with Crippen LogP contribution in [0.5, 0.6) is 0 Å². The number of hydrogen-bond acceptors (Lipinski definition) is 7. The minimum absolute atomic E-state index is 0.0498. The molecule has 0 amide bonds. The van der Waals surface area contributed by atoms with E-state index < -0.39 is 43.9 Å². The van der Waals surface area contributed by atoms with Gasteiger partial charge in [0.2, 0.25) is 0 Å². The van der Waals surface area contributed by atoms with Gasteiger partial charge >= 0.3 is 5.97 Å². The van der Waals surface area contributed by atoms with Gasteiger partial charge in [-0.3, -0.25) is 9.59 Å². The summed E-state index contributed by atoms with van der Waals surface area (Å²) in [5.41, 5.74) is 1.87. The van der Waals surface area contributed by atoms with Crippen molar-refractivity contribution in [2.75, 3.05) is 0 Å². The number of aromatic nitrogens is 1. The van der Waals surface area contributed by atoms with E-state index in [1.165, 1.54) is 0 Å². The second kappa shape index (κ2) is 14.1. The monoisotopic (exact) mass is 603 g/mol. The molecule has 1 aromatic rings. The van der Waals surface area contributed by atoms with Crippen LogP contribution in [0, 0.1) is 24.2 Å². The first-order valence-corrected chi connectivity index (χ1v) is 18.6. The van der Waals surface area contributed by atoms with E-state index in [0.717, 1.165) is 21.8 Å². The smallest absolute Gasteiger partial charge is 0.309 e. The maximum atomic E-state index is 14.0. The molecule has 1 aliphatic heterocycles. The van der Waals surface area contributed by atoms with Crippen LogP contribution in [0.2, 0.25) is 18.1 Å². The predicted molar refractivity (Wildman–Crippen MR) is 172 cm³/mol. The van der Waals surface area contributed by atoms with Crippen LogP contribution in [0.1, 0.15) is 92.3 Å². The Kier molecular flexibility index (Phi) is 12.1. The van der Waals surface area contributed by atoms with Crippen molar-refractivity contribution < 1.29 is 23.9 Å². The Hall–Kier alpha value is -1.87. The summed E-state index contributed by atoms with van der Waals surface area (Å²) < 4.78 is 13.0. The quantitative estimate of drug-likeness (QED) is 0.213. The topological polar surface area (TPSA) is 85.7 Å². The largest absolute Gasteiger partial charge is 0.457 e. The highest BCUT2D eigenvalue weighted by Gasteiger charge is 2.48. The molecular formula is C33H53NO5SSi. The molecule has 1 aliphatic rings. The summed E-state index contributed by atoms with van der Waals surface area (Å²) >= 11 is 1.58. The summed E-state index contributed by atoms with van der Waals surface area (Å²) in [4.78, 5) is 32.2. The van der Waals surface area contributed by atoms with Crippen LogP contribution in [0.3, 0.4) is 0 Å². The molecule has 0 bridgehead atoms. The lowest BCUT2D eigenvalue weighted by Gasteiger charge is -2.44. The third-order valence-electron chi connectivity index (χ3n) is 8.85. The molecule has 0 radical (unpaired) electrons. The van der Waals surface area contributed by atoms with Crippen molar-refractivity contribution in [1.82, 2.24) is 4.98 Å². The number of Topliss-reactive ketones (excluding diaryl/α,β-unsaturated/α-hetero) is 1. The molecule has 0 aromatic carbocycles. The Bertz CT molecular complexity index is 1160. The fourth-order valence-corrected chi connectivity index (χ4v) is 6.78. The number of esters is 1. The molecule has 0 spiro atoms. The zero-order chi connectivity index (χ0) is 31.3. The lowest BCUT2D eigenvalue weighted by atomic mass is 9.73. The van der Waals surface area contributed by atoms with Gasteiger partial charge in [0.1, 0.15) is 11.9 Å². The summed E-state index contributed by atoms with van der Waals surface area (Å²) in [6.07, 6.45) is 7.30. The van der Waals surface area contributed by atoms with Crippen LogP contribution in [-0.2, 0) is 18.8 Å². The number of hydrogen-bond donors (Lipinski definition) is 1. The highest BCUT2D eigenvalue weighted by molar-refractivity contribution is 7.09. The Morgan fingerprint density at radius 1 is 1.22 bits per heavy atom. The Labute approximate surface area is 253 Å². The first-order chi connectivity index (χ1) is 18.8. The van der Waals surface area contributed by atoms with E-state index >= 15 is 0 Å². The standard InChI is InChI=1S/C33H53NO5SSi/c1-21-14-13-15-22(2)30(36)24(4)31(37)33(9,10)28(39-41(11,12)32(6,7)8)19-29(35)38-27(17-16-21)23(3)18-26-20-40-25(5)34-26/h13,15-16,18,20,22,24,27-28,30,36H,14,17,19H2,1-12H3/b15-13-,21-16-,23-18+/t22-,24+,27-,28-,30-/m0/s1. The summed E-state index contributed by atoms with van der Waals surface area (Å²) in [5.74, 6) is -1.34. The molecule has 0 saturated carbocycles. The van der Waals surface area contributed by atoms with E-state index in [9.17, 15) is 14.7 Å². The van der Waals surface area contributed by atoms with Crippen molar-refractivity contribution in [3.63, 3.8) is 0 Å². The van der Waals surface area contributed by atoms with Gasteiger partial charge in [0.05, 0.1) is 29.3 Å². The number of aliphatic hydroxyl groups is 1. The number of ether oxygens (including phenoxy) is 1. The molecular weight excluding hydrogens is 551 g/mol. The van der Waals surface area contributed by atoms with Crippen LogP contribution in [0.15, 0.2) is 34.8 Å². The highest BCUT2D eigenvalue weighted by atomic mass is 32.1. The third-order valence-corrected chi connectivity index (χ3v) is 14.1. The van der Waals surface area contributed by atoms with Gasteiger partial charge in [-0.25, -0.2) is 4.98 Å². The number of rotatable bonds is 4. The number of nitrogens with zero attached hydrogens (tertiary/aromatic N) is 1. The average molecular weight is 604 g/mol. The summed E-state index contributed by atoms with van der Waals surface area (Å²) in [5, 5.41) is 14.0. The highest BCUT2D eigenvalue weighted by Crippen LogP contribution is 2.42. The van der Waals surface area contributed by atoms with Gasteiger partial charge < -0.3 is 14.3 Å². The van der Waals surface area contributed by atoms with E-state index in [0.29, 0.717) is 12.8 Å². The molecule has 0 unspecified atom stereocenters. The number of carbonyl (C=O) groups excluding carboxylic acids is 2. The number of allylic oxidation sites excluding steroid dienone is 2. The Morgan fingerprint density at radius 3 is 2.41 bits per heavy atom. The fraction of sp³-hybridized carbons (Fsp3) is 0.667. The number of cyclic esters (lactones) is 1. The van der Waals surface area contributed by atoms with Gasteiger partial charge in [-0.15, -0.1) is 11.3 Å². The Balaban J connectivity index is 2.57. The van der Waals surface area contributed by atoms with Gasteiger partial charge in [0.15, 0.2) is 8.32 Å². The zero-order valence-corrected chi connectivity index (χ0v) is 29.1. The van der Waals surface area contributed by atoms with E-state index in [4.69, 9.17) is 9.16 Å². The normalized spacial score (nSPS) is 29.9. The molecule has 5 atom stereocenters. The summed E-state index contributed by atoms with van der Waals surface area (Å²) in [6.45, 7) is 24.1. The predicted octanol–water partition coefficient (Wildman–Crippen LogP) is 8.07. The molecule has 41 heavy (non-hydrogen) atoms. The number of carbonyl (C=O) groups is 2. The van der Waals surface area contributed by atoms with E-state index in [1.54, 1.807) is 18.3 Å². The molecule has 1 N–H and O–H groups in total. The van der Waals surface area contributed by atoms with Crippen molar-refractivity contribution >= 4 is 37.5 Å². The van der Waals surface area contributed by atoms with Gasteiger partial charge in [-0.2, -0.15) is 0 Å². The third kappa shape index (κ3) is 9.57. The van der Waals surface area contributed by atoms with Gasteiger partial charge in [-0.05, 0) is 57.0 Å². The summed E-state index contributed by atoms with van der Waals surface area (Å²) in [6, 6.07) is 0. The fourth-order valence-electron chi connectivity index (χ4n) is 4.76. The summed E-state index contributed by atoms with van der Waals surface area (Å²) in [7, 11) is -2.37. The lowest BCUT2D eigenvalue weighted by molar-refractivity contribution is -0.153. The lowest BCUT2D eigenvalue weighted by Crippen LogP contribution is -2.52. The van der Waals surface area contributed by atoms with Crippen molar-refractivity contribution in [2.24, 2.45) is 17.3 Å². The molecule has 2 rings (SSSR count). The molecule has 0 fully saturated rings. The van der Waals surface area contributed by atoms with E-state index in [2.05, 4.69) is 44.9 Å². The van der Waals surface area contributed by atoms with Crippen LogP contribution in [0.4, 0.5) is 0 Å². The number of ketones is 1. The maximum absolute atomic E-state index is 14.0. The Morgan fingerprint density at radius 2 is 1.85 bits per heavy atom. The molecule has 6 nitrogen and oxygen atoms in total. The minimum atomic E-state index is -2.37. The minimum Gasteiger partial charge on any atom is -0.457 e. The second-order valence-corrected chi connectivity index (χ2v) is 19.7. The molecule has 230 valence electrons. The average Bonchev–Trinajstić information content (AvgIpc) is 3.27. The van der Waals surface area contributed by atoms with Crippen molar-refractivity contribution in [3.05, 3.63) is 45.5 Å². The second-order valence-electron chi connectivity index (χ2n) is 13.9.